The van der Waals surface area contributed by atoms with Crippen molar-refractivity contribution in [1.29, 1.82) is 0 Å². The number of aryl methyl sites for hydroxylation is 1. The van der Waals surface area contributed by atoms with Crippen LogP contribution in [-0.2, 0) is 22.6 Å². The Morgan fingerprint density at radius 2 is 1.79 bits per heavy atom. The molecule has 0 amide bonds. The Balaban J connectivity index is 2.35. The van der Waals surface area contributed by atoms with Crippen molar-refractivity contribution in [1.82, 2.24) is 0 Å². The molecule has 0 aliphatic heterocycles. The van der Waals surface area contributed by atoms with Gasteiger partial charge in [-0.1, -0.05) is 35.9 Å². The summed E-state index contributed by atoms with van der Waals surface area (Å²) < 4.78 is 16.5. The number of benzene rings is 2. The zero-order chi connectivity index (χ0) is 21.2. The Morgan fingerprint density at radius 3 is 2.41 bits per heavy atom. The second-order valence-corrected chi connectivity index (χ2v) is 6.99. The smallest absolute Gasteiger partial charge is 0.330 e. The fourth-order valence-electron chi connectivity index (χ4n) is 2.83. The Morgan fingerprint density at radius 1 is 1.07 bits per heavy atom. The van der Waals surface area contributed by atoms with Crippen molar-refractivity contribution in [2.24, 2.45) is 0 Å². The van der Waals surface area contributed by atoms with Crippen molar-refractivity contribution in [2.45, 2.75) is 40.7 Å². The van der Waals surface area contributed by atoms with E-state index >= 15 is 0 Å². The van der Waals surface area contributed by atoms with Crippen molar-refractivity contribution in [3.8, 4) is 11.5 Å². The van der Waals surface area contributed by atoms with Crippen LogP contribution in [0.25, 0.3) is 6.08 Å². The lowest BCUT2D eigenvalue weighted by molar-refractivity contribution is -0.137. The Hall–Kier alpha value is -3.01. The molecular weight excluding hydrogens is 364 g/mol. The number of hydrogen-bond donors (Lipinski definition) is 0. The van der Waals surface area contributed by atoms with Gasteiger partial charge in [0.2, 0.25) is 0 Å². The third-order valence-electron chi connectivity index (χ3n) is 4.47. The molecule has 0 radical (unpaired) electrons. The highest BCUT2D eigenvalue weighted by Gasteiger charge is 2.12. The summed E-state index contributed by atoms with van der Waals surface area (Å²) in [7, 11) is 1.65. The summed E-state index contributed by atoms with van der Waals surface area (Å²) in [6, 6.07) is 11.8. The normalized spacial score (nSPS) is 10.7. The van der Waals surface area contributed by atoms with E-state index in [1.165, 1.54) is 11.6 Å². The third kappa shape index (κ3) is 6.83. The second-order valence-electron chi connectivity index (χ2n) is 6.99. The van der Waals surface area contributed by atoms with Crippen LogP contribution < -0.4 is 9.47 Å². The molecule has 0 aromatic heterocycles. The van der Waals surface area contributed by atoms with E-state index in [-0.39, 0.29) is 5.97 Å². The highest BCUT2D eigenvalue weighted by atomic mass is 16.5. The summed E-state index contributed by atoms with van der Waals surface area (Å²) >= 11 is 0. The first-order chi connectivity index (χ1) is 13.9. The van der Waals surface area contributed by atoms with E-state index in [4.69, 9.17) is 14.2 Å². The highest BCUT2D eigenvalue weighted by Crippen LogP contribution is 2.30. The van der Waals surface area contributed by atoms with Gasteiger partial charge in [-0.25, -0.2) is 4.79 Å². The minimum Gasteiger partial charge on any atom is -0.497 e. The lowest BCUT2D eigenvalue weighted by Gasteiger charge is -2.16. The van der Waals surface area contributed by atoms with Crippen LogP contribution >= 0.6 is 0 Å². The molecule has 0 aliphatic rings. The second kappa shape index (κ2) is 11.1. The fourth-order valence-corrected chi connectivity index (χ4v) is 2.83. The van der Waals surface area contributed by atoms with Gasteiger partial charge in [0.25, 0.3) is 0 Å². The van der Waals surface area contributed by atoms with Gasteiger partial charge in [-0.2, -0.15) is 0 Å². The van der Waals surface area contributed by atoms with E-state index in [9.17, 15) is 4.79 Å². The molecule has 0 heterocycles. The quantitative estimate of drug-likeness (QED) is 0.312. The molecule has 29 heavy (non-hydrogen) atoms. The highest BCUT2D eigenvalue weighted by molar-refractivity contribution is 5.87. The van der Waals surface area contributed by atoms with Gasteiger partial charge < -0.3 is 14.2 Å². The average molecular weight is 395 g/mol. The summed E-state index contributed by atoms with van der Waals surface area (Å²) in [5.74, 6) is 1.24. The Bertz CT molecular complexity index is 872. The Labute approximate surface area is 173 Å². The maximum atomic E-state index is 11.8. The molecule has 154 valence electrons. The van der Waals surface area contributed by atoms with Crippen LogP contribution in [0, 0.1) is 6.92 Å². The summed E-state index contributed by atoms with van der Waals surface area (Å²) in [5.41, 5.74) is 5.42. The molecule has 0 unspecified atom stereocenters. The first-order valence-corrected chi connectivity index (χ1v) is 9.81. The van der Waals surface area contributed by atoms with Gasteiger partial charge in [0.05, 0.1) is 13.7 Å². The molecular formula is C25H30O4. The molecule has 0 spiro atoms. The van der Waals surface area contributed by atoms with Crippen molar-refractivity contribution in [3.05, 3.63) is 76.4 Å². The third-order valence-corrected chi connectivity index (χ3v) is 4.47. The molecule has 0 N–H and O–H groups in total. The van der Waals surface area contributed by atoms with Gasteiger partial charge in [-0.3, -0.25) is 0 Å². The number of esters is 1. The van der Waals surface area contributed by atoms with Gasteiger partial charge in [-0.05, 0) is 63.5 Å². The number of rotatable bonds is 9. The molecule has 0 bridgehead atoms. The van der Waals surface area contributed by atoms with Crippen LogP contribution in [-0.4, -0.2) is 19.7 Å². The molecule has 0 fully saturated rings. The lowest BCUT2D eigenvalue weighted by atomic mass is 9.99. The van der Waals surface area contributed by atoms with Gasteiger partial charge in [-0.15, -0.1) is 0 Å². The average Bonchev–Trinajstić information content (AvgIpc) is 2.71. The summed E-state index contributed by atoms with van der Waals surface area (Å²) in [6.45, 7) is 8.81. The predicted molar refractivity (Wildman–Crippen MR) is 117 cm³/mol. The van der Waals surface area contributed by atoms with Crippen molar-refractivity contribution >= 4 is 12.0 Å². The largest absolute Gasteiger partial charge is 0.497 e. The van der Waals surface area contributed by atoms with E-state index in [0.717, 1.165) is 40.2 Å². The first-order valence-electron chi connectivity index (χ1n) is 9.81. The van der Waals surface area contributed by atoms with Gasteiger partial charge in [0.15, 0.2) is 0 Å². The monoisotopic (exact) mass is 394 g/mol. The number of carbonyl (C=O) groups is 1. The van der Waals surface area contributed by atoms with Crippen LogP contribution in [0.4, 0.5) is 0 Å². The summed E-state index contributed by atoms with van der Waals surface area (Å²) in [5, 5.41) is 0. The minimum absolute atomic E-state index is 0.351. The van der Waals surface area contributed by atoms with E-state index in [1.54, 1.807) is 20.1 Å². The van der Waals surface area contributed by atoms with E-state index in [1.807, 2.05) is 30.3 Å². The van der Waals surface area contributed by atoms with Crippen LogP contribution in [0.5, 0.6) is 11.5 Å². The zero-order valence-corrected chi connectivity index (χ0v) is 18.0. The maximum Gasteiger partial charge on any atom is 0.330 e. The van der Waals surface area contributed by atoms with Crippen LogP contribution in [0.2, 0.25) is 0 Å². The first kappa shape index (κ1) is 22.3. The summed E-state index contributed by atoms with van der Waals surface area (Å²) in [6.07, 6.45) is 6.15. The van der Waals surface area contributed by atoms with Crippen molar-refractivity contribution in [3.63, 3.8) is 0 Å². The van der Waals surface area contributed by atoms with E-state index in [2.05, 4.69) is 32.9 Å². The van der Waals surface area contributed by atoms with E-state index < -0.39 is 0 Å². The van der Waals surface area contributed by atoms with Gasteiger partial charge >= 0.3 is 5.97 Å². The molecule has 0 atom stereocenters. The van der Waals surface area contributed by atoms with Crippen LogP contribution in [0.1, 0.15) is 43.0 Å². The molecule has 4 heteroatoms. The molecule has 2 aromatic rings. The lowest BCUT2D eigenvalue weighted by Crippen LogP contribution is -2.03. The van der Waals surface area contributed by atoms with Gasteiger partial charge in [0, 0.05) is 17.2 Å². The minimum atomic E-state index is -0.361. The van der Waals surface area contributed by atoms with Crippen molar-refractivity contribution in [2.75, 3.05) is 13.7 Å². The predicted octanol–water partition coefficient (Wildman–Crippen LogP) is 5.67. The van der Waals surface area contributed by atoms with Crippen molar-refractivity contribution < 1.29 is 19.0 Å². The summed E-state index contributed by atoms with van der Waals surface area (Å²) in [4.78, 5) is 11.8. The van der Waals surface area contributed by atoms with E-state index in [0.29, 0.717) is 13.2 Å². The molecule has 2 aromatic carbocycles. The number of hydrogen-bond acceptors (Lipinski definition) is 4. The maximum absolute atomic E-state index is 11.8. The molecule has 0 aliphatic carbocycles. The molecule has 2 rings (SSSR count). The zero-order valence-electron chi connectivity index (χ0n) is 18.0. The number of allylic oxidation sites excluding steroid dienone is 2. The van der Waals surface area contributed by atoms with Crippen LogP contribution in [0.3, 0.4) is 0 Å². The number of carbonyl (C=O) groups excluding carboxylic acids is 1. The Kier molecular flexibility index (Phi) is 8.53. The molecule has 4 nitrogen and oxygen atoms in total. The molecule has 0 saturated carbocycles. The topological polar surface area (TPSA) is 44.8 Å². The standard InChI is InChI=1S/C25H30O4/c1-6-28-24(26)16-12-21-11-8-19(4)23(15-7-18(2)3)25(21)29-17-20-9-13-22(27-5)14-10-20/h7-14,16H,6,15,17H2,1-5H3/b16-12+. The number of methoxy groups -OCH3 is 1. The SMILES string of the molecule is CCOC(=O)/C=C/c1ccc(C)c(CC=C(C)C)c1OCc1ccc(OC)cc1. The molecule has 0 saturated heterocycles. The van der Waals surface area contributed by atoms with Gasteiger partial charge in [0.1, 0.15) is 18.1 Å². The van der Waals surface area contributed by atoms with Crippen LogP contribution in [0.15, 0.2) is 54.1 Å². The number of ether oxygens (including phenoxy) is 3. The fraction of sp³-hybridized carbons (Fsp3) is 0.320.